The van der Waals surface area contributed by atoms with Crippen molar-refractivity contribution in [2.75, 3.05) is 6.61 Å². The Morgan fingerprint density at radius 3 is 2.83 bits per heavy atom. The molecule has 24 heavy (non-hydrogen) atoms. The Bertz CT molecular complexity index is 774. The molecule has 0 aliphatic carbocycles. The number of fused-ring (bicyclic) bond motifs is 4. The molecule has 1 aliphatic rings. The van der Waals surface area contributed by atoms with E-state index in [4.69, 9.17) is 4.74 Å². The first kappa shape index (κ1) is 15.9. The van der Waals surface area contributed by atoms with Crippen LogP contribution in [0.2, 0.25) is 0 Å². The van der Waals surface area contributed by atoms with Crippen molar-refractivity contribution in [2.45, 2.75) is 18.9 Å². The first-order chi connectivity index (χ1) is 11.8. The van der Waals surface area contributed by atoms with Gasteiger partial charge < -0.3 is 14.8 Å². The number of aldehydes is 1. The highest BCUT2D eigenvalue weighted by Gasteiger charge is 2.17. The molecule has 0 saturated heterocycles. The summed E-state index contributed by atoms with van der Waals surface area (Å²) in [6.07, 6.45) is 7.26. The lowest BCUT2D eigenvalue weighted by Gasteiger charge is -2.14. The highest BCUT2D eigenvalue weighted by Crippen LogP contribution is 2.22. The maximum Gasteiger partial charge on any atom is 0.252 e. The Morgan fingerprint density at radius 1 is 1.17 bits per heavy atom. The molecule has 0 spiro atoms. The summed E-state index contributed by atoms with van der Waals surface area (Å²) in [5.74, 6) is 0.544. The van der Waals surface area contributed by atoms with Crippen LogP contribution in [0.15, 0.2) is 48.7 Å². The van der Waals surface area contributed by atoms with Crippen molar-refractivity contribution in [2.24, 2.45) is 0 Å². The number of nitrogens with zero attached hydrogens (tertiary/aromatic N) is 2. The molecule has 0 saturated carbocycles. The Kier molecular flexibility index (Phi) is 4.96. The van der Waals surface area contributed by atoms with E-state index >= 15 is 0 Å². The monoisotopic (exact) mass is 323 g/mol. The number of aromatic nitrogens is 2. The third kappa shape index (κ3) is 3.65. The Labute approximate surface area is 139 Å². The zero-order chi connectivity index (χ0) is 16.8. The average molecular weight is 323 g/mol. The minimum absolute atomic E-state index is 0.330. The number of carbonyl (C=O) groups is 2. The fraction of sp³-hybridized carbons (Fsp3) is 0.222. The zero-order valence-corrected chi connectivity index (χ0v) is 13.0. The predicted molar refractivity (Wildman–Crippen MR) is 88.7 cm³/mol. The second-order valence-corrected chi connectivity index (χ2v) is 5.32. The topological polar surface area (TPSA) is 81.2 Å². The number of hydrogen-bond donors (Lipinski definition) is 1. The van der Waals surface area contributed by atoms with Crippen LogP contribution in [0.4, 0.5) is 0 Å². The van der Waals surface area contributed by atoms with E-state index in [1.54, 1.807) is 30.5 Å². The van der Waals surface area contributed by atoms with Crippen molar-refractivity contribution in [1.29, 1.82) is 0 Å². The van der Waals surface area contributed by atoms with E-state index < -0.39 is 6.04 Å². The molecule has 1 aromatic heterocycles. The number of ether oxygens (including phenoxy) is 1. The van der Waals surface area contributed by atoms with Crippen LogP contribution in [-0.2, 0) is 4.79 Å². The molecule has 0 fully saturated rings. The second kappa shape index (κ2) is 7.50. The molecule has 0 radical (unpaired) electrons. The summed E-state index contributed by atoms with van der Waals surface area (Å²) >= 11 is 0. The van der Waals surface area contributed by atoms with Gasteiger partial charge in [-0.25, -0.2) is 4.98 Å². The van der Waals surface area contributed by atoms with Gasteiger partial charge in [0, 0.05) is 17.8 Å². The van der Waals surface area contributed by atoms with Gasteiger partial charge in [-0.1, -0.05) is 30.4 Å². The Hall–Kier alpha value is -3.02. The van der Waals surface area contributed by atoms with Crippen molar-refractivity contribution in [3.05, 3.63) is 54.2 Å². The lowest BCUT2D eigenvalue weighted by molar-refractivity contribution is -0.109. The molecule has 6 heteroatoms. The Balaban J connectivity index is 2.03. The van der Waals surface area contributed by atoms with Crippen molar-refractivity contribution in [1.82, 2.24) is 15.3 Å². The number of rotatable bonds is 1. The van der Waals surface area contributed by atoms with Gasteiger partial charge in [0.25, 0.3) is 5.91 Å². The standard InChI is InChI=1S/C18H17N3O3/c22-12-13-6-2-1-5-11-24-16-9-10-19-17(21-16)14-7-3-4-8-15(14)18(23)20-13/h1-4,7-10,12-13H,5-6,11H2,(H,20,23)/t13-/m0/s1. The van der Waals surface area contributed by atoms with Gasteiger partial charge in [0.15, 0.2) is 5.82 Å². The number of amides is 1. The van der Waals surface area contributed by atoms with Crippen LogP contribution >= 0.6 is 0 Å². The smallest absolute Gasteiger partial charge is 0.252 e. The van der Waals surface area contributed by atoms with Gasteiger partial charge >= 0.3 is 0 Å². The molecule has 0 unspecified atom stereocenters. The predicted octanol–water partition coefficient (Wildman–Crippen LogP) is 2.17. The highest BCUT2D eigenvalue weighted by atomic mass is 16.5. The summed E-state index contributed by atoms with van der Waals surface area (Å²) in [5, 5.41) is 2.74. The summed E-state index contributed by atoms with van der Waals surface area (Å²) in [7, 11) is 0. The van der Waals surface area contributed by atoms with Crippen molar-refractivity contribution in [3.63, 3.8) is 0 Å². The zero-order valence-electron chi connectivity index (χ0n) is 13.0. The summed E-state index contributed by atoms with van der Waals surface area (Å²) < 4.78 is 5.61. The number of benzene rings is 1. The van der Waals surface area contributed by atoms with E-state index in [0.717, 1.165) is 6.29 Å². The van der Waals surface area contributed by atoms with E-state index in [-0.39, 0.29) is 5.91 Å². The van der Waals surface area contributed by atoms with Gasteiger partial charge in [-0.2, -0.15) is 4.98 Å². The lowest BCUT2D eigenvalue weighted by atomic mass is 10.1. The average Bonchev–Trinajstić information content (AvgIpc) is 2.63. The van der Waals surface area contributed by atoms with Crippen molar-refractivity contribution >= 4 is 12.2 Å². The highest BCUT2D eigenvalue weighted by molar-refractivity contribution is 6.01. The van der Waals surface area contributed by atoms with Crippen LogP contribution < -0.4 is 10.1 Å². The molecule has 1 N–H and O–H groups in total. The van der Waals surface area contributed by atoms with Crippen LogP contribution in [0.25, 0.3) is 11.4 Å². The maximum absolute atomic E-state index is 12.6. The van der Waals surface area contributed by atoms with E-state index in [9.17, 15) is 9.59 Å². The minimum atomic E-state index is -0.571. The maximum atomic E-state index is 12.6. The fourth-order valence-electron chi connectivity index (χ4n) is 2.42. The van der Waals surface area contributed by atoms with Crippen LogP contribution in [-0.4, -0.2) is 34.8 Å². The van der Waals surface area contributed by atoms with Crippen LogP contribution in [0.5, 0.6) is 5.88 Å². The van der Waals surface area contributed by atoms with E-state index in [2.05, 4.69) is 15.3 Å². The first-order valence-electron chi connectivity index (χ1n) is 7.74. The third-order valence-electron chi connectivity index (χ3n) is 3.61. The van der Waals surface area contributed by atoms with Gasteiger partial charge in [0.2, 0.25) is 5.88 Å². The van der Waals surface area contributed by atoms with Gasteiger partial charge in [0.05, 0.1) is 18.2 Å². The summed E-state index contributed by atoms with van der Waals surface area (Å²) in [4.78, 5) is 32.4. The molecular weight excluding hydrogens is 306 g/mol. The van der Waals surface area contributed by atoms with Crippen molar-refractivity contribution < 1.29 is 14.3 Å². The number of hydrogen-bond acceptors (Lipinski definition) is 5. The molecule has 1 atom stereocenters. The molecule has 1 aliphatic heterocycles. The van der Waals surface area contributed by atoms with Gasteiger partial charge in [-0.3, -0.25) is 4.79 Å². The Morgan fingerprint density at radius 2 is 2.00 bits per heavy atom. The van der Waals surface area contributed by atoms with Gasteiger partial charge in [-0.05, 0) is 18.9 Å². The molecule has 3 rings (SSSR count). The summed E-state index contributed by atoms with van der Waals surface area (Å²) in [6, 6.07) is 8.15. The first-order valence-corrected chi connectivity index (χ1v) is 7.74. The van der Waals surface area contributed by atoms with Crippen LogP contribution in [0.1, 0.15) is 23.2 Å². The number of carbonyl (C=O) groups excluding carboxylic acids is 2. The molecular formula is C18H17N3O3. The van der Waals surface area contributed by atoms with Crippen LogP contribution in [0, 0.1) is 0 Å². The quantitative estimate of drug-likeness (QED) is 0.642. The minimum Gasteiger partial charge on any atom is -0.477 e. The van der Waals surface area contributed by atoms with Gasteiger partial charge in [0.1, 0.15) is 6.29 Å². The normalized spacial score (nSPS) is 17.8. The van der Waals surface area contributed by atoms with Crippen LogP contribution in [0.3, 0.4) is 0 Å². The summed E-state index contributed by atoms with van der Waals surface area (Å²) in [6.45, 7) is 0.479. The SMILES string of the molecule is O=C[C@@H]1CC=CCCOc2ccnc(n2)-c2ccccc2C(=O)N1. The second-order valence-electron chi connectivity index (χ2n) is 5.32. The molecule has 6 nitrogen and oxygen atoms in total. The summed E-state index contributed by atoms with van der Waals surface area (Å²) in [5.41, 5.74) is 1.01. The van der Waals surface area contributed by atoms with E-state index in [1.165, 1.54) is 0 Å². The molecule has 2 aromatic rings. The third-order valence-corrected chi connectivity index (χ3v) is 3.61. The molecule has 1 aromatic carbocycles. The molecule has 1 amide bonds. The molecule has 122 valence electrons. The number of nitrogens with one attached hydrogen (secondary N) is 1. The van der Waals surface area contributed by atoms with E-state index in [0.29, 0.717) is 42.3 Å². The largest absolute Gasteiger partial charge is 0.477 e. The molecule has 2 bridgehead atoms. The lowest BCUT2D eigenvalue weighted by Crippen LogP contribution is -2.36. The van der Waals surface area contributed by atoms with Gasteiger partial charge in [-0.15, -0.1) is 0 Å². The van der Waals surface area contributed by atoms with Crippen molar-refractivity contribution in [3.8, 4) is 17.3 Å². The molecule has 2 heterocycles. The van der Waals surface area contributed by atoms with E-state index in [1.807, 2.05) is 18.2 Å². The fourth-order valence-corrected chi connectivity index (χ4v) is 2.42.